The van der Waals surface area contributed by atoms with Gasteiger partial charge >= 0.3 is 6.18 Å². The molecule has 0 aliphatic carbocycles. The molecule has 3 aromatic rings. The number of hydrogen-bond donors (Lipinski definition) is 2. The predicted octanol–water partition coefficient (Wildman–Crippen LogP) is 5.63. The third-order valence-corrected chi connectivity index (χ3v) is 4.25. The average Bonchev–Trinajstić information content (AvgIpc) is 3.18. The Hall–Kier alpha value is -3.10. The molecule has 0 spiro atoms. The molecule has 1 heterocycles. The summed E-state index contributed by atoms with van der Waals surface area (Å²) in [4.78, 5) is 4.28. The van der Waals surface area contributed by atoms with Crippen molar-refractivity contribution in [3.63, 3.8) is 0 Å². The topological polar surface area (TPSA) is 67.5 Å². The maximum atomic E-state index is 12.7. The Morgan fingerprint density at radius 1 is 1.20 bits per heavy atom. The lowest BCUT2D eigenvalue weighted by Gasteiger charge is -2.07. The second-order valence-corrected chi connectivity index (χ2v) is 6.86. The lowest BCUT2D eigenvalue weighted by Crippen LogP contribution is -2.18. The van der Waals surface area contributed by atoms with Crippen LogP contribution in [0.25, 0.3) is 17.5 Å². The Morgan fingerprint density at radius 3 is 2.60 bits per heavy atom. The van der Waals surface area contributed by atoms with Gasteiger partial charge in [-0.05, 0) is 61.4 Å². The van der Waals surface area contributed by atoms with Crippen molar-refractivity contribution in [3.8, 4) is 17.2 Å². The Bertz CT molecular complexity index is 1010. The Morgan fingerprint density at radius 2 is 1.93 bits per heavy atom. The molecule has 158 valence electrons. The van der Waals surface area contributed by atoms with Crippen LogP contribution in [-0.2, 0) is 12.8 Å². The van der Waals surface area contributed by atoms with Crippen molar-refractivity contribution in [1.29, 1.82) is 0 Å². The Balaban J connectivity index is 1.67. The third-order valence-electron chi connectivity index (χ3n) is 4.25. The predicted molar refractivity (Wildman–Crippen MR) is 106 cm³/mol. The SMILES string of the molecule is Cc1cc(/C=C/C(C)NO)cc(OCc2coc(-c3ccc(C(F)(F)F)cc3)n2)c1. The van der Waals surface area contributed by atoms with E-state index >= 15 is 0 Å². The molecular formula is C22H21F3N2O3. The number of rotatable bonds is 7. The van der Waals surface area contributed by atoms with Crippen LogP contribution in [0.2, 0.25) is 0 Å². The van der Waals surface area contributed by atoms with Gasteiger partial charge in [0.2, 0.25) is 5.89 Å². The average molecular weight is 418 g/mol. The molecule has 0 saturated carbocycles. The van der Waals surface area contributed by atoms with Crippen molar-refractivity contribution in [2.24, 2.45) is 0 Å². The lowest BCUT2D eigenvalue weighted by molar-refractivity contribution is -0.137. The first-order valence-electron chi connectivity index (χ1n) is 9.19. The van der Waals surface area contributed by atoms with Crippen LogP contribution in [0.5, 0.6) is 5.75 Å². The van der Waals surface area contributed by atoms with Crippen LogP contribution in [-0.4, -0.2) is 16.2 Å². The van der Waals surface area contributed by atoms with Crippen LogP contribution >= 0.6 is 0 Å². The summed E-state index contributed by atoms with van der Waals surface area (Å²) in [5.41, 5.74) is 4.30. The number of hydrogen-bond acceptors (Lipinski definition) is 5. The minimum absolute atomic E-state index is 0.144. The third kappa shape index (κ3) is 5.71. The number of alkyl halides is 3. The molecule has 8 heteroatoms. The van der Waals surface area contributed by atoms with E-state index in [1.54, 1.807) is 0 Å². The number of nitrogens with one attached hydrogen (secondary N) is 1. The summed E-state index contributed by atoms with van der Waals surface area (Å²) in [6.07, 6.45) is 0.708. The van der Waals surface area contributed by atoms with E-state index in [9.17, 15) is 13.2 Å². The molecule has 5 nitrogen and oxygen atoms in total. The van der Waals surface area contributed by atoms with Gasteiger partial charge in [-0.2, -0.15) is 18.7 Å². The van der Waals surface area contributed by atoms with E-state index in [-0.39, 0.29) is 18.5 Å². The van der Waals surface area contributed by atoms with Gasteiger partial charge in [0.1, 0.15) is 24.3 Å². The number of aromatic nitrogens is 1. The van der Waals surface area contributed by atoms with Gasteiger partial charge in [-0.25, -0.2) is 4.98 Å². The number of ether oxygens (including phenoxy) is 1. The van der Waals surface area contributed by atoms with Crippen molar-refractivity contribution in [3.05, 3.63) is 77.2 Å². The highest BCUT2D eigenvalue weighted by Crippen LogP contribution is 2.31. The fourth-order valence-corrected chi connectivity index (χ4v) is 2.72. The van der Waals surface area contributed by atoms with Gasteiger partial charge in [-0.15, -0.1) is 0 Å². The Kier molecular flexibility index (Phi) is 6.59. The largest absolute Gasteiger partial charge is 0.487 e. The second kappa shape index (κ2) is 9.15. The van der Waals surface area contributed by atoms with Crippen LogP contribution in [0, 0.1) is 6.92 Å². The Labute approximate surface area is 171 Å². The van der Waals surface area contributed by atoms with Crippen LogP contribution < -0.4 is 10.2 Å². The first kappa shape index (κ1) is 21.6. The van der Waals surface area contributed by atoms with Gasteiger partial charge in [0.15, 0.2) is 0 Å². The van der Waals surface area contributed by atoms with Gasteiger partial charge in [-0.1, -0.05) is 18.2 Å². The minimum atomic E-state index is -4.39. The summed E-state index contributed by atoms with van der Waals surface area (Å²) in [6.45, 7) is 3.89. The first-order chi connectivity index (χ1) is 14.2. The van der Waals surface area contributed by atoms with Crippen molar-refractivity contribution in [2.75, 3.05) is 0 Å². The fourth-order valence-electron chi connectivity index (χ4n) is 2.72. The molecular weight excluding hydrogens is 397 g/mol. The van der Waals surface area contributed by atoms with E-state index < -0.39 is 11.7 Å². The summed E-state index contributed by atoms with van der Waals surface area (Å²) in [7, 11) is 0. The molecule has 1 atom stereocenters. The summed E-state index contributed by atoms with van der Waals surface area (Å²) in [6, 6.07) is 10.1. The van der Waals surface area contributed by atoms with Gasteiger partial charge in [0.05, 0.1) is 5.56 Å². The number of hydroxylamine groups is 1. The standard InChI is InChI=1S/C22H21F3N2O3/c1-14-9-16(4-3-15(2)27-28)11-20(10-14)29-12-19-13-30-21(26-19)17-5-7-18(8-6-17)22(23,24)25/h3-11,13,15,27-28H,12H2,1-2H3/b4-3+. The van der Waals surface area contributed by atoms with Crippen LogP contribution in [0.15, 0.2) is 59.2 Å². The zero-order valence-electron chi connectivity index (χ0n) is 16.4. The van der Waals surface area contributed by atoms with Gasteiger partial charge < -0.3 is 14.4 Å². The highest BCUT2D eigenvalue weighted by Gasteiger charge is 2.30. The number of nitrogens with zero attached hydrogens (tertiary/aromatic N) is 1. The minimum Gasteiger partial charge on any atom is -0.487 e. The summed E-state index contributed by atoms with van der Waals surface area (Å²) in [5, 5.41) is 8.87. The quantitative estimate of drug-likeness (QED) is 0.487. The summed E-state index contributed by atoms with van der Waals surface area (Å²) < 4.78 is 49.2. The smallest absolute Gasteiger partial charge is 0.416 e. The molecule has 0 aliphatic rings. The van der Waals surface area contributed by atoms with Gasteiger partial charge in [-0.3, -0.25) is 0 Å². The van der Waals surface area contributed by atoms with Crippen molar-refractivity contribution in [1.82, 2.24) is 10.5 Å². The molecule has 3 rings (SSSR count). The number of halogens is 3. The molecule has 2 N–H and O–H groups in total. The first-order valence-corrected chi connectivity index (χ1v) is 9.19. The van der Waals surface area contributed by atoms with Crippen LogP contribution in [0.3, 0.4) is 0 Å². The maximum absolute atomic E-state index is 12.7. The summed E-state index contributed by atoms with van der Waals surface area (Å²) in [5.74, 6) is 0.860. The zero-order valence-corrected chi connectivity index (χ0v) is 16.4. The molecule has 2 aromatic carbocycles. The monoisotopic (exact) mass is 418 g/mol. The molecule has 0 amide bonds. The lowest BCUT2D eigenvalue weighted by atomic mass is 10.1. The highest BCUT2D eigenvalue weighted by atomic mass is 19.4. The molecule has 1 unspecified atom stereocenters. The van der Waals surface area contributed by atoms with E-state index in [0.717, 1.165) is 23.3 Å². The van der Waals surface area contributed by atoms with Crippen molar-refractivity contribution >= 4 is 6.08 Å². The highest BCUT2D eigenvalue weighted by molar-refractivity contribution is 5.55. The molecule has 0 saturated heterocycles. The zero-order chi connectivity index (χ0) is 21.7. The van der Waals surface area contributed by atoms with E-state index in [0.29, 0.717) is 17.0 Å². The van der Waals surface area contributed by atoms with E-state index in [2.05, 4.69) is 10.5 Å². The molecule has 0 aliphatic heterocycles. The normalized spacial score (nSPS) is 13.0. The second-order valence-electron chi connectivity index (χ2n) is 6.86. The fraction of sp³-hybridized carbons (Fsp3) is 0.227. The van der Waals surface area contributed by atoms with Gasteiger partial charge in [0, 0.05) is 11.6 Å². The van der Waals surface area contributed by atoms with Crippen molar-refractivity contribution in [2.45, 2.75) is 32.7 Å². The summed E-state index contributed by atoms with van der Waals surface area (Å²) >= 11 is 0. The van der Waals surface area contributed by atoms with E-state index in [1.165, 1.54) is 18.4 Å². The molecule has 0 radical (unpaired) electrons. The number of oxazole rings is 1. The molecule has 30 heavy (non-hydrogen) atoms. The molecule has 1 aromatic heterocycles. The molecule has 0 bridgehead atoms. The maximum Gasteiger partial charge on any atom is 0.416 e. The van der Waals surface area contributed by atoms with Crippen molar-refractivity contribution < 1.29 is 27.5 Å². The van der Waals surface area contributed by atoms with Crippen LogP contribution in [0.4, 0.5) is 13.2 Å². The molecule has 0 fully saturated rings. The number of benzene rings is 2. The van der Waals surface area contributed by atoms with E-state index in [1.807, 2.05) is 44.2 Å². The number of aryl methyl sites for hydroxylation is 1. The van der Waals surface area contributed by atoms with Gasteiger partial charge in [0.25, 0.3) is 0 Å². The van der Waals surface area contributed by atoms with E-state index in [4.69, 9.17) is 14.4 Å². The van der Waals surface area contributed by atoms with Crippen LogP contribution in [0.1, 0.15) is 29.3 Å².